The fourth-order valence-electron chi connectivity index (χ4n) is 8.36. The van der Waals surface area contributed by atoms with Gasteiger partial charge in [0, 0.05) is 20.0 Å². The van der Waals surface area contributed by atoms with Crippen LogP contribution in [0.4, 0.5) is 0 Å². The number of ether oxygens (including phenoxy) is 2. The minimum Gasteiger partial charge on any atom is -0.455 e. The highest BCUT2D eigenvalue weighted by Crippen LogP contribution is 2.54. The van der Waals surface area contributed by atoms with Crippen LogP contribution in [0.5, 0.6) is 0 Å². The van der Waals surface area contributed by atoms with E-state index in [0.717, 1.165) is 5.52 Å². The van der Waals surface area contributed by atoms with Crippen LogP contribution in [-0.4, -0.2) is 109 Å². The van der Waals surface area contributed by atoms with Crippen molar-refractivity contribution in [2.75, 3.05) is 20.2 Å². The molecule has 7 rings (SSSR count). The molecule has 3 aromatic rings. The summed E-state index contributed by atoms with van der Waals surface area (Å²) in [5.41, 5.74) is 0.586. The number of para-hydroxylation sites is 1. The maximum atomic E-state index is 15.0. The molecule has 0 aliphatic carbocycles. The fourth-order valence-corrected chi connectivity index (χ4v) is 8.36. The highest BCUT2D eigenvalue weighted by atomic mass is 16.6. The van der Waals surface area contributed by atoms with Crippen molar-refractivity contribution in [1.82, 2.24) is 29.7 Å². The lowest BCUT2D eigenvalue weighted by Gasteiger charge is -2.40. The number of hydrogen-bond acceptors (Lipinski definition) is 9. The molecular weight excluding hydrogens is 664 g/mol. The van der Waals surface area contributed by atoms with Crippen molar-refractivity contribution >= 4 is 34.7 Å². The summed E-state index contributed by atoms with van der Waals surface area (Å²) in [5.74, 6) is -4.01. The van der Waals surface area contributed by atoms with E-state index in [0.29, 0.717) is 23.9 Å². The standard InChI is InChI=1S/C39H46N6O7/c1-5-24(2)29(22-46)45-35-37(49)43(23-44-28-17-10-9-16-27(28)40-41-44)21-13-20-39(35)33(36(45)48)32-30(52-39)18-11-12-19-31(47)42(4)25(3)34(51-38(32)50)26-14-7-6-8-15-26/h6-11,13-18,20,24-25,29-30,32-35,46H,5,12,19,21-23H2,1-4H3/b18-11-/t24-,25-,29-,30-,32+,33+,34+,35-,39+/m0/s1. The van der Waals surface area contributed by atoms with E-state index in [2.05, 4.69) is 10.3 Å². The van der Waals surface area contributed by atoms with E-state index < -0.39 is 59.6 Å². The number of likely N-dealkylation sites (N-methyl/N-ethyl adjacent to an activating group) is 1. The molecule has 9 atom stereocenters. The molecule has 0 radical (unpaired) electrons. The van der Waals surface area contributed by atoms with Crippen LogP contribution in [0, 0.1) is 17.8 Å². The molecule has 1 N–H and O–H groups in total. The van der Waals surface area contributed by atoms with Crippen LogP contribution in [0.2, 0.25) is 0 Å². The van der Waals surface area contributed by atoms with E-state index in [4.69, 9.17) is 9.47 Å². The van der Waals surface area contributed by atoms with Gasteiger partial charge >= 0.3 is 5.97 Å². The monoisotopic (exact) mass is 710 g/mol. The molecule has 1 aromatic heterocycles. The van der Waals surface area contributed by atoms with Crippen molar-refractivity contribution in [2.24, 2.45) is 17.8 Å². The number of amides is 3. The number of likely N-dealkylation sites (tertiary alicyclic amines) is 1. The molecule has 2 saturated heterocycles. The van der Waals surface area contributed by atoms with Gasteiger partial charge in [0.05, 0.1) is 36.2 Å². The lowest BCUT2D eigenvalue weighted by atomic mass is 9.77. The second-order valence-electron chi connectivity index (χ2n) is 14.4. The Morgan fingerprint density at radius 1 is 1.02 bits per heavy atom. The predicted octanol–water partition coefficient (Wildman–Crippen LogP) is 3.26. The van der Waals surface area contributed by atoms with Gasteiger partial charge in [-0.2, -0.15) is 0 Å². The third-order valence-corrected chi connectivity index (χ3v) is 11.5. The third-order valence-electron chi connectivity index (χ3n) is 11.5. The van der Waals surface area contributed by atoms with Gasteiger partial charge in [-0.3, -0.25) is 19.2 Å². The molecule has 2 fully saturated rings. The van der Waals surface area contributed by atoms with Gasteiger partial charge in [0.25, 0.3) is 5.91 Å². The van der Waals surface area contributed by atoms with Crippen LogP contribution < -0.4 is 0 Å². The number of aliphatic hydroxyl groups is 1. The van der Waals surface area contributed by atoms with Crippen molar-refractivity contribution in [1.29, 1.82) is 0 Å². The summed E-state index contributed by atoms with van der Waals surface area (Å²) in [6.45, 7) is 5.61. The first-order chi connectivity index (χ1) is 25.1. The Hall–Kier alpha value is -4.88. The number of hydrogen-bond donors (Lipinski definition) is 1. The van der Waals surface area contributed by atoms with E-state index in [1.54, 1.807) is 39.8 Å². The molecule has 0 bridgehead atoms. The number of rotatable bonds is 7. The number of nitrogens with zero attached hydrogens (tertiary/aromatic N) is 6. The second-order valence-corrected chi connectivity index (χ2v) is 14.4. The molecule has 4 aliphatic rings. The SMILES string of the molecule is CC[C@H](C)[C@H](CO)N1C(=O)[C@H]2[C@@H]3C(=O)O[C@@H](c4ccccc4)[C@H](C)N(C)C(=O)CC/C=C\[C@@H]3O[C@]23C=CCN(Cn2nnc4ccccc42)C(=O)[C@H]13. The number of fused-ring (bicyclic) bond motifs is 3. The summed E-state index contributed by atoms with van der Waals surface area (Å²) in [4.78, 5) is 62.6. The van der Waals surface area contributed by atoms with Gasteiger partial charge in [-0.05, 0) is 37.0 Å². The van der Waals surface area contributed by atoms with Gasteiger partial charge in [-0.1, -0.05) is 92.3 Å². The van der Waals surface area contributed by atoms with Gasteiger partial charge < -0.3 is 29.3 Å². The molecular formula is C39H46N6O7. The van der Waals surface area contributed by atoms with Crippen LogP contribution in [0.15, 0.2) is 78.9 Å². The average Bonchev–Trinajstić information content (AvgIpc) is 3.76. The summed E-state index contributed by atoms with van der Waals surface area (Å²) in [7, 11) is 1.70. The highest BCUT2D eigenvalue weighted by Gasteiger charge is 2.72. The lowest BCUT2D eigenvalue weighted by molar-refractivity contribution is -0.165. The topological polar surface area (TPSA) is 147 Å². The fraction of sp³-hybridized carbons (Fsp3) is 0.487. The largest absolute Gasteiger partial charge is 0.455 e. The number of esters is 1. The number of cyclic esters (lactones) is 1. The number of carbonyl (C=O) groups excluding carboxylic acids is 4. The van der Waals surface area contributed by atoms with Gasteiger partial charge in [0.1, 0.15) is 35.9 Å². The normalized spacial score (nSPS) is 31.3. The van der Waals surface area contributed by atoms with Crippen molar-refractivity contribution in [2.45, 2.75) is 82.6 Å². The van der Waals surface area contributed by atoms with Gasteiger partial charge in [0.15, 0.2) is 0 Å². The van der Waals surface area contributed by atoms with Crippen molar-refractivity contribution in [3.63, 3.8) is 0 Å². The minimum absolute atomic E-state index is 0.0586. The molecule has 3 amide bonds. The summed E-state index contributed by atoms with van der Waals surface area (Å²) in [5, 5.41) is 19.4. The Kier molecular flexibility index (Phi) is 9.75. The van der Waals surface area contributed by atoms with Crippen LogP contribution in [0.1, 0.15) is 51.7 Å². The molecule has 13 nitrogen and oxygen atoms in total. The quantitative estimate of drug-likeness (QED) is 0.288. The third kappa shape index (κ3) is 5.89. The first-order valence-electron chi connectivity index (χ1n) is 18.1. The lowest BCUT2D eigenvalue weighted by Crippen LogP contribution is -2.59. The Balaban J connectivity index is 1.32. The predicted molar refractivity (Wildman–Crippen MR) is 190 cm³/mol. The summed E-state index contributed by atoms with van der Waals surface area (Å²) in [6.07, 6.45) is 6.60. The average molecular weight is 711 g/mol. The molecule has 274 valence electrons. The number of aromatic nitrogens is 3. The van der Waals surface area contributed by atoms with E-state index in [-0.39, 0.29) is 44.0 Å². The van der Waals surface area contributed by atoms with Crippen LogP contribution in [0.3, 0.4) is 0 Å². The molecule has 0 unspecified atom stereocenters. The maximum Gasteiger partial charge on any atom is 0.313 e. The number of aliphatic hydroxyl groups excluding tert-OH is 1. The van der Waals surface area contributed by atoms with E-state index >= 15 is 4.79 Å². The maximum absolute atomic E-state index is 15.0. The Bertz CT molecular complexity index is 1900. The number of allylic oxidation sites excluding steroid dienone is 1. The Morgan fingerprint density at radius 3 is 2.52 bits per heavy atom. The van der Waals surface area contributed by atoms with Gasteiger partial charge in [0.2, 0.25) is 11.8 Å². The summed E-state index contributed by atoms with van der Waals surface area (Å²) < 4.78 is 14.9. The van der Waals surface area contributed by atoms with Crippen LogP contribution in [-0.2, 0) is 35.3 Å². The van der Waals surface area contributed by atoms with E-state index in [1.165, 1.54) is 4.90 Å². The molecule has 0 saturated carbocycles. The Labute approximate surface area is 302 Å². The summed E-state index contributed by atoms with van der Waals surface area (Å²) in [6, 6.07) is 14.3. The second kappa shape index (κ2) is 14.3. The molecule has 2 aromatic carbocycles. The summed E-state index contributed by atoms with van der Waals surface area (Å²) >= 11 is 0. The minimum atomic E-state index is -1.55. The van der Waals surface area contributed by atoms with Crippen molar-refractivity contribution < 1.29 is 33.8 Å². The highest BCUT2D eigenvalue weighted by molar-refractivity contribution is 5.99. The van der Waals surface area contributed by atoms with Crippen molar-refractivity contribution in [3.8, 4) is 0 Å². The number of carbonyl (C=O) groups is 4. The molecule has 52 heavy (non-hydrogen) atoms. The van der Waals surface area contributed by atoms with Crippen LogP contribution in [0.25, 0.3) is 11.0 Å². The smallest absolute Gasteiger partial charge is 0.313 e. The Morgan fingerprint density at radius 2 is 1.77 bits per heavy atom. The molecule has 13 heteroatoms. The van der Waals surface area contributed by atoms with Gasteiger partial charge in [-0.15, -0.1) is 5.10 Å². The van der Waals surface area contributed by atoms with E-state index in [9.17, 15) is 19.5 Å². The van der Waals surface area contributed by atoms with Gasteiger partial charge in [-0.25, -0.2) is 4.68 Å². The first-order valence-corrected chi connectivity index (χ1v) is 18.1. The van der Waals surface area contributed by atoms with Crippen molar-refractivity contribution in [3.05, 3.63) is 84.5 Å². The molecule has 1 spiro atoms. The zero-order valence-electron chi connectivity index (χ0n) is 29.9. The zero-order valence-corrected chi connectivity index (χ0v) is 29.9. The first kappa shape index (κ1) is 35.5. The van der Waals surface area contributed by atoms with Crippen LogP contribution >= 0.6 is 0 Å². The zero-order chi connectivity index (χ0) is 36.7. The molecule has 4 aliphatic heterocycles. The number of benzene rings is 2. The molecule has 5 heterocycles. The van der Waals surface area contributed by atoms with E-state index in [1.807, 2.05) is 81.4 Å².